The average Bonchev–Trinajstić information content (AvgIpc) is 2.38. The van der Waals surface area contributed by atoms with Crippen LogP contribution in [0.3, 0.4) is 0 Å². The van der Waals surface area contributed by atoms with Gasteiger partial charge in [0.05, 0.1) is 11.6 Å². The van der Waals surface area contributed by atoms with Crippen LogP contribution in [0.25, 0.3) is 0 Å². The molecule has 0 aliphatic carbocycles. The van der Waals surface area contributed by atoms with Gasteiger partial charge in [-0.2, -0.15) is 13.2 Å². The van der Waals surface area contributed by atoms with Crippen LogP contribution in [0.1, 0.15) is 22.7 Å². The van der Waals surface area contributed by atoms with Crippen molar-refractivity contribution in [3.63, 3.8) is 0 Å². The molecule has 2 rings (SSSR count). The Kier molecular flexibility index (Phi) is 4.93. The lowest BCUT2D eigenvalue weighted by Crippen LogP contribution is -2.30. The van der Waals surface area contributed by atoms with Crippen molar-refractivity contribution in [2.24, 2.45) is 5.84 Å². The highest BCUT2D eigenvalue weighted by molar-refractivity contribution is 9.10. The lowest BCUT2D eigenvalue weighted by atomic mass is 9.94. The summed E-state index contributed by atoms with van der Waals surface area (Å²) in [5.41, 5.74) is 2.27. The molecule has 3 N–H and O–H groups in total. The summed E-state index contributed by atoms with van der Waals surface area (Å²) in [4.78, 5) is 0. The molecular formula is C14H11BrClF3N2. The van der Waals surface area contributed by atoms with Crippen LogP contribution < -0.4 is 11.3 Å². The monoisotopic (exact) mass is 378 g/mol. The number of hydrazine groups is 1. The highest BCUT2D eigenvalue weighted by Crippen LogP contribution is 2.37. The molecule has 0 fully saturated rings. The zero-order valence-electron chi connectivity index (χ0n) is 10.6. The Hall–Kier alpha value is -1.08. The first-order valence-electron chi connectivity index (χ1n) is 5.91. The quantitative estimate of drug-likeness (QED) is 0.600. The highest BCUT2D eigenvalue weighted by atomic mass is 79.9. The molecule has 1 atom stereocenters. The molecule has 1 unspecified atom stereocenters. The van der Waals surface area contributed by atoms with Crippen LogP contribution in [0.15, 0.2) is 46.9 Å². The van der Waals surface area contributed by atoms with Crippen molar-refractivity contribution in [3.8, 4) is 0 Å². The van der Waals surface area contributed by atoms with Gasteiger partial charge in [0.2, 0.25) is 0 Å². The third-order valence-corrected chi connectivity index (χ3v) is 3.64. The first-order chi connectivity index (χ1) is 9.82. The predicted octanol–water partition coefficient (Wildman–Crippen LogP) is 4.67. The van der Waals surface area contributed by atoms with Crippen molar-refractivity contribution in [2.45, 2.75) is 12.2 Å². The third-order valence-electron chi connectivity index (χ3n) is 2.96. The number of nitrogens with two attached hydrogens (primary N) is 1. The van der Waals surface area contributed by atoms with Crippen LogP contribution >= 0.6 is 27.5 Å². The number of hydrogen-bond acceptors (Lipinski definition) is 2. The van der Waals surface area contributed by atoms with E-state index >= 15 is 0 Å². The van der Waals surface area contributed by atoms with E-state index in [9.17, 15) is 13.2 Å². The van der Waals surface area contributed by atoms with E-state index in [0.29, 0.717) is 15.1 Å². The minimum Gasteiger partial charge on any atom is -0.271 e. The van der Waals surface area contributed by atoms with Gasteiger partial charge in [-0.25, -0.2) is 5.43 Å². The Morgan fingerprint density at radius 2 is 1.81 bits per heavy atom. The van der Waals surface area contributed by atoms with Crippen molar-refractivity contribution in [3.05, 3.63) is 68.7 Å². The molecule has 0 aliphatic rings. The van der Waals surface area contributed by atoms with E-state index in [1.54, 1.807) is 18.2 Å². The zero-order valence-corrected chi connectivity index (χ0v) is 12.9. The summed E-state index contributed by atoms with van der Waals surface area (Å²) in [6.07, 6.45) is -4.46. The van der Waals surface area contributed by atoms with Gasteiger partial charge in [0.1, 0.15) is 0 Å². The van der Waals surface area contributed by atoms with Crippen molar-refractivity contribution in [1.29, 1.82) is 0 Å². The maximum Gasteiger partial charge on any atom is 0.416 e. The number of halogens is 5. The smallest absolute Gasteiger partial charge is 0.271 e. The fourth-order valence-corrected chi connectivity index (χ4v) is 3.00. The molecular weight excluding hydrogens is 369 g/mol. The molecule has 112 valence electrons. The molecule has 2 nitrogen and oxygen atoms in total. The largest absolute Gasteiger partial charge is 0.416 e. The second kappa shape index (κ2) is 6.36. The topological polar surface area (TPSA) is 38.0 Å². The van der Waals surface area contributed by atoms with Gasteiger partial charge in [-0.1, -0.05) is 45.7 Å². The fraction of sp³-hybridized carbons (Fsp3) is 0.143. The Balaban J connectivity index is 2.57. The van der Waals surface area contributed by atoms with Gasteiger partial charge in [-0.3, -0.25) is 5.84 Å². The zero-order chi connectivity index (χ0) is 15.6. The molecule has 2 aromatic rings. The van der Waals surface area contributed by atoms with E-state index in [4.69, 9.17) is 17.4 Å². The van der Waals surface area contributed by atoms with Crippen molar-refractivity contribution in [1.82, 2.24) is 5.43 Å². The maximum absolute atomic E-state index is 13.1. The van der Waals surface area contributed by atoms with Crippen LogP contribution in [0.5, 0.6) is 0 Å². The number of alkyl halides is 3. The lowest BCUT2D eigenvalue weighted by molar-refractivity contribution is -0.138. The third kappa shape index (κ3) is 3.77. The molecule has 7 heteroatoms. The van der Waals surface area contributed by atoms with Gasteiger partial charge in [-0.15, -0.1) is 0 Å². The van der Waals surface area contributed by atoms with E-state index in [0.717, 1.165) is 6.07 Å². The second-order valence-electron chi connectivity index (χ2n) is 4.39. The van der Waals surface area contributed by atoms with Gasteiger partial charge in [-0.05, 0) is 35.4 Å². The minimum atomic E-state index is -4.46. The molecule has 0 amide bonds. The number of rotatable bonds is 3. The summed E-state index contributed by atoms with van der Waals surface area (Å²) in [5.74, 6) is 5.47. The van der Waals surface area contributed by atoms with Crippen LogP contribution in [0.4, 0.5) is 13.2 Å². The highest BCUT2D eigenvalue weighted by Gasteiger charge is 2.35. The molecule has 2 aromatic carbocycles. The maximum atomic E-state index is 13.1. The van der Waals surface area contributed by atoms with Crippen LogP contribution in [-0.4, -0.2) is 0 Å². The summed E-state index contributed by atoms with van der Waals surface area (Å²) < 4.78 is 40.0. The first-order valence-corrected chi connectivity index (χ1v) is 7.08. The Labute approximate surface area is 133 Å². The van der Waals surface area contributed by atoms with Gasteiger partial charge in [0.15, 0.2) is 0 Å². The van der Waals surface area contributed by atoms with E-state index in [1.165, 1.54) is 18.2 Å². The van der Waals surface area contributed by atoms with Crippen molar-refractivity contribution in [2.75, 3.05) is 0 Å². The SMILES string of the molecule is NNC(c1cc(Cl)cc(Br)c1)c1ccccc1C(F)(F)F. The standard InChI is InChI=1S/C14H11BrClF3N2/c15-9-5-8(6-10(16)7-9)13(21-20)11-3-1-2-4-12(11)14(17,18)19/h1-7,13,21H,20H2. The summed E-state index contributed by atoms with van der Waals surface area (Å²) in [6, 6.07) is 9.36. The average molecular weight is 380 g/mol. The molecule has 0 saturated carbocycles. The Bertz CT molecular complexity index is 626. The van der Waals surface area contributed by atoms with E-state index < -0.39 is 17.8 Å². The lowest BCUT2D eigenvalue weighted by Gasteiger charge is -2.22. The Morgan fingerprint density at radius 1 is 1.14 bits per heavy atom. The van der Waals surface area contributed by atoms with E-state index in [2.05, 4.69) is 21.4 Å². The summed E-state index contributed by atoms with van der Waals surface area (Å²) >= 11 is 9.21. The van der Waals surface area contributed by atoms with Crippen molar-refractivity contribution >= 4 is 27.5 Å². The van der Waals surface area contributed by atoms with Gasteiger partial charge in [0, 0.05) is 9.50 Å². The molecule has 0 radical (unpaired) electrons. The molecule has 0 saturated heterocycles. The van der Waals surface area contributed by atoms with Crippen molar-refractivity contribution < 1.29 is 13.2 Å². The van der Waals surface area contributed by atoms with Gasteiger partial charge < -0.3 is 0 Å². The normalized spacial score (nSPS) is 13.2. The van der Waals surface area contributed by atoms with Gasteiger partial charge >= 0.3 is 6.18 Å². The van der Waals surface area contributed by atoms with Gasteiger partial charge in [0.25, 0.3) is 0 Å². The van der Waals surface area contributed by atoms with Crippen LogP contribution in [0.2, 0.25) is 5.02 Å². The fourth-order valence-electron chi connectivity index (χ4n) is 2.11. The summed E-state index contributed by atoms with van der Waals surface area (Å²) in [6.45, 7) is 0. The number of hydrogen-bond donors (Lipinski definition) is 2. The first kappa shape index (κ1) is 16.3. The second-order valence-corrected chi connectivity index (χ2v) is 5.74. The molecule has 0 heterocycles. The van der Waals surface area contributed by atoms with Crippen LogP contribution in [0, 0.1) is 0 Å². The minimum absolute atomic E-state index is 0.0432. The molecule has 21 heavy (non-hydrogen) atoms. The molecule has 0 bridgehead atoms. The molecule has 0 spiro atoms. The van der Waals surface area contributed by atoms with E-state index in [1.807, 2.05) is 0 Å². The van der Waals surface area contributed by atoms with Crippen LogP contribution in [-0.2, 0) is 6.18 Å². The number of nitrogens with one attached hydrogen (secondary N) is 1. The Morgan fingerprint density at radius 3 is 2.38 bits per heavy atom. The molecule has 0 aliphatic heterocycles. The molecule has 0 aromatic heterocycles. The predicted molar refractivity (Wildman–Crippen MR) is 79.8 cm³/mol. The summed E-state index contributed by atoms with van der Waals surface area (Å²) in [7, 11) is 0. The summed E-state index contributed by atoms with van der Waals surface area (Å²) in [5, 5.41) is 0.407. The van der Waals surface area contributed by atoms with E-state index in [-0.39, 0.29) is 5.56 Å². The number of benzene rings is 2.